The summed E-state index contributed by atoms with van der Waals surface area (Å²) >= 11 is 0. The first-order valence-corrected chi connectivity index (χ1v) is 7.20. The quantitative estimate of drug-likeness (QED) is 0.601. The molecular weight excluding hydrogens is 299 g/mol. The van der Waals surface area contributed by atoms with E-state index in [9.17, 15) is 14.0 Å². The van der Waals surface area contributed by atoms with Crippen LogP contribution in [0.1, 0.15) is 40.1 Å². The molecule has 0 unspecified atom stereocenters. The highest BCUT2D eigenvalue weighted by Crippen LogP contribution is 2.18. The number of carbonyl (C=O) groups is 2. The van der Waals surface area contributed by atoms with Crippen LogP contribution in [0, 0.1) is 5.82 Å². The van der Waals surface area contributed by atoms with Crippen molar-refractivity contribution in [2.24, 2.45) is 0 Å². The van der Waals surface area contributed by atoms with Crippen molar-refractivity contribution < 1.29 is 23.5 Å². The molecule has 0 aliphatic carbocycles. The van der Waals surface area contributed by atoms with E-state index in [1.165, 1.54) is 19.1 Å². The zero-order valence-electron chi connectivity index (χ0n) is 13.0. The normalized spacial score (nSPS) is 10.2. The Hall–Kier alpha value is -2.69. The monoisotopic (exact) mass is 316 g/mol. The van der Waals surface area contributed by atoms with Gasteiger partial charge in [-0.1, -0.05) is 12.1 Å². The largest absolute Gasteiger partial charge is 0.489 e. The third kappa shape index (κ3) is 4.39. The van der Waals surface area contributed by atoms with Crippen LogP contribution in [0.3, 0.4) is 0 Å². The van der Waals surface area contributed by atoms with Crippen LogP contribution in [0.25, 0.3) is 0 Å². The van der Waals surface area contributed by atoms with Gasteiger partial charge in [0.1, 0.15) is 18.2 Å². The molecular formula is C18H17FO4. The Labute approximate surface area is 133 Å². The van der Waals surface area contributed by atoms with E-state index in [1.54, 1.807) is 37.3 Å². The summed E-state index contributed by atoms with van der Waals surface area (Å²) in [4.78, 5) is 22.7. The van der Waals surface area contributed by atoms with Crippen molar-refractivity contribution in [2.75, 3.05) is 6.61 Å². The van der Waals surface area contributed by atoms with Crippen molar-refractivity contribution in [2.45, 2.75) is 20.5 Å². The predicted octanol–water partition coefficient (Wildman–Crippen LogP) is 3.78. The van der Waals surface area contributed by atoms with Gasteiger partial charge in [-0.2, -0.15) is 0 Å². The minimum absolute atomic E-state index is 0.0381. The van der Waals surface area contributed by atoms with Crippen molar-refractivity contribution in [1.82, 2.24) is 0 Å². The van der Waals surface area contributed by atoms with Gasteiger partial charge in [-0.05, 0) is 43.7 Å². The molecule has 2 aromatic rings. The average molecular weight is 316 g/mol. The average Bonchev–Trinajstić information content (AvgIpc) is 2.53. The molecule has 0 heterocycles. The van der Waals surface area contributed by atoms with Crippen LogP contribution in [0.5, 0.6) is 5.75 Å². The summed E-state index contributed by atoms with van der Waals surface area (Å²) in [7, 11) is 0. The highest BCUT2D eigenvalue weighted by Gasteiger charge is 2.09. The second-order valence-electron chi connectivity index (χ2n) is 4.90. The van der Waals surface area contributed by atoms with E-state index in [4.69, 9.17) is 9.47 Å². The van der Waals surface area contributed by atoms with Gasteiger partial charge < -0.3 is 9.47 Å². The molecule has 0 atom stereocenters. The maximum Gasteiger partial charge on any atom is 0.338 e. The molecule has 0 amide bonds. The zero-order chi connectivity index (χ0) is 16.8. The number of carbonyl (C=O) groups excluding carboxylic acids is 2. The molecule has 0 aromatic heterocycles. The molecule has 0 bridgehead atoms. The number of hydrogen-bond acceptors (Lipinski definition) is 4. The molecule has 2 aromatic carbocycles. The van der Waals surface area contributed by atoms with E-state index >= 15 is 0 Å². The molecule has 23 heavy (non-hydrogen) atoms. The van der Waals surface area contributed by atoms with Crippen LogP contribution in [-0.4, -0.2) is 18.4 Å². The lowest BCUT2D eigenvalue weighted by atomic mass is 10.1. The summed E-state index contributed by atoms with van der Waals surface area (Å²) in [6, 6.07) is 10.9. The molecule has 0 fully saturated rings. The molecule has 0 saturated heterocycles. The van der Waals surface area contributed by atoms with Crippen LogP contribution in [0.2, 0.25) is 0 Å². The Kier molecular flexibility index (Phi) is 5.46. The third-order valence-corrected chi connectivity index (χ3v) is 3.19. The van der Waals surface area contributed by atoms with Crippen molar-refractivity contribution in [3.8, 4) is 5.75 Å². The fourth-order valence-electron chi connectivity index (χ4n) is 1.99. The number of rotatable bonds is 6. The third-order valence-electron chi connectivity index (χ3n) is 3.19. The number of Topliss-reactive ketones (excluding diaryl/α,β-unsaturated/α-hetero) is 1. The van der Waals surface area contributed by atoms with Crippen molar-refractivity contribution in [3.05, 3.63) is 65.0 Å². The maximum atomic E-state index is 13.7. The molecule has 0 saturated carbocycles. The van der Waals surface area contributed by atoms with Crippen LogP contribution < -0.4 is 4.74 Å². The first-order valence-electron chi connectivity index (χ1n) is 7.20. The van der Waals surface area contributed by atoms with E-state index in [1.807, 2.05) is 0 Å². The number of ketones is 1. The van der Waals surface area contributed by atoms with Crippen LogP contribution in [-0.2, 0) is 11.3 Å². The fraction of sp³-hybridized carbons (Fsp3) is 0.222. The number of halogens is 1. The summed E-state index contributed by atoms with van der Waals surface area (Å²) < 4.78 is 24.1. The number of ether oxygens (including phenoxy) is 2. The molecule has 120 valence electrons. The molecule has 0 spiro atoms. The molecule has 0 N–H and O–H groups in total. The fourth-order valence-corrected chi connectivity index (χ4v) is 1.99. The molecule has 5 heteroatoms. The van der Waals surface area contributed by atoms with Gasteiger partial charge in [0.05, 0.1) is 17.7 Å². The topological polar surface area (TPSA) is 52.6 Å². The Balaban J connectivity index is 1.99. The first-order chi connectivity index (χ1) is 11.0. The van der Waals surface area contributed by atoms with Gasteiger partial charge >= 0.3 is 5.97 Å². The summed E-state index contributed by atoms with van der Waals surface area (Å²) in [5.41, 5.74) is 1.33. The summed E-state index contributed by atoms with van der Waals surface area (Å²) in [6.07, 6.45) is 0. The van der Waals surface area contributed by atoms with Gasteiger partial charge in [0.25, 0.3) is 0 Å². The Morgan fingerprint density at radius 3 is 2.35 bits per heavy atom. The smallest absolute Gasteiger partial charge is 0.338 e. The Bertz CT molecular complexity index is 707. The van der Waals surface area contributed by atoms with Crippen molar-refractivity contribution in [1.29, 1.82) is 0 Å². The Morgan fingerprint density at radius 1 is 1.09 bits per heavy atom. The van der Waals surface area contributed by atoms with Crippen molar-refractivity contribution in [3.63, 3.8) is 0 Å². The highest BCUT2D eigenvalue weighted by atomic mass is 19.1. The lowest BCUT2D eigenvalue weighted by molar-refractivity contribution is 0.0526. The minimum atomic E-state index is -0.604. The van der Waals surface area contributed by atoms with E-state index in [-0.39, 0.29) is 23.9 Å². The number of hydrogen-bond donors (Lipinski definition) is 0. The van der Waals surface area contributed by atoms with Gasteiger partial charge in [0, 0.05) is 6.07 Å². The molecule has 4 nitrogen and oxygen atoms in total. The number of esters is 1. The standard InChI is InChI=1S/C18H17FO4/c1-3-22-18(21)14-6-4-13(5-7-14)11-23-15-8-9-16(12(2)20)17(19)10-15/h4-10H,3,11H2,1-2H3. The van der Waals surface area contributed by atoms with Gasteiger partial charge in [-0.25, -0.2) is 9.18 Å². The lowest BCUT2D eigenvalue weighted by Gasteiger charge is -2.08. The zero-order valence-corrected chi connectivity index (χ0v) is 13.0. The summed E-state index contributed by atoms with van der Waals surface area (Å²) in [6.45, 7) is 3.61. The van der Waals surface area contributed by atoms with E-state index in [0.717, 1.165) is 5.56 Å². The van der Waals surface area contributed by atoms with Gasteiger partial charge in [-0.15, -0.1) is 0 Å². The van der Waals surface area contributed by atoms with Gasteiger partial charge in [-0.3, -0.25) is 4.79 Å². The van der Waals surface area contributed by atoms with E-state index < -0.39 is 5.82 Å². The SMILES string of the molecule is CCOC(=O)c1ccc(COc2ccc(C(C)=O)c(F)c2)cc1. The van der Waals surface area contributed by atoms with E-state index in [0.29, 0.717) is 17.9 Å². The van der Waals surface area contributed by atoms with Gasteiger partial charge in [0.2, 0.25) is 0 Å². The summed E-state index contributed by atoms with van der Waals surface area (Å²) in [5.74, 6) is -0.972. The first kappa shape index (κ1) is 16.7. The summed E-state index contributed by atoms with van der Waals surface area (Å²) in [5, 5.41) is 0. The lowest BCUT2D eigenvalue weighted by Crippen LogP contribution is -2.05. The number of benzene rings is 2. The van der Waals surface area contributed by atoms with Crippen LogP contribution in [0.15, 0.2) is 42.5 Å². The minimum Gasteiger partial charge on any atom is -0.489 e. The van der Waals surface area contributed by atoms with Crippen LogP contribution in [0.4, 0.5) is 4.39 Å². The molecule has 0 radical (unpaired) electrons. The van der Waals surface area contributed by atoms with Crippen molar-refractivity contribution >= 4 is 11.8 Å². The molecule has 0 aliphatic rings. The molecule has 2 rings (SSSR count). The van der Waals surface area contributed by atoms with Gasteiger partial charge in [0.15, 0.2) is 5.78 Å². The Morgan fingerprint density at radius 2 is 1.78 bits per heavy atom. The van der Waals surface area contributed by atoms with Crippen LogP contribution >= 0.6 is 0 Å². The predicted molar refractivity (Wildman–Crippen MR) is 83.1 cm³/mol. The molecule has 0 aliphatic heterocycles. The maximum absolute atomic E-state index is 13.7. The van der Waals surface area contributed by atoms with E-state index in [2.05, 4.69) is 0 Å². The second-order valence-corrected chi connectivity index (χ2v) is 4.90. The highest BCUT2D eigenvalue weighted by molar-refractivity contribution is 5.94. The second kappa shape index (κ2) is 7.54.